The Hall–Kier alpha value is -4.44. The van der Waals surface area contributed by atoms with Gasteiger partial charge in [-0.1, -0.05) is 48.5 Å². The van der Waals surface area contributed by atoms with Crippen LogP contribution in [0, 0.1) is 6.92 Å². The third-order valence-corrected chi connectivity index (χ3v) is 7.59. The second-order valence-corrected chi connectivity index (χ2v) is 10.7. The van der Waals surface area contributed by atoms with Gasteiger partial charge < -0.3 is 30.6 Å². The lowest BCUT2D eigenvalue weighted by atomic mass is 9.98. The summed E-state index contributed by atoms with van der Waals surface area (Å²) in [6, 6.07) is 18.5. The van der Waals surface area contributed by atoms with Gasteiger partial charge in [-0.15, -0.1) is 0 Å². The van der Waals surface area contributed by atoms with Gasteiger partial charge in [0, 0.05) is 44.0 Å². The number of benzene rings is 3. The molecule has 1 unspecified atom stereocenters. The molecule has 222 valence electrons. The van der Waals surface area contributed by atoms with Crippen LogP contribution < -0.4 is 15.5 Å². The molecule has 3 aromatic carbocycles. The Kier molecular flexibility index (Phi) is 9.80. The molecule has 1 aliphatic rings. The number of aliphatic hydroxyl groups is 1. The highest BCUT2D eigenvalue weighted by atomic mass is 19.1. The quantitative estimate of drug-likeness (QED) is 0.295. The Morgan fingerprint density at radius 2 is 1.69 bits per heavy atom. The average molecular weight is 577 g/mol. The van der Waals surface area contributed by atoms with Crippen molar-refractivity contribution in [1.82, 2.24) is 15.5 Å². The summed E-state index contributed by atoms with van der Waals surface area (Å²) >= 11 is 0. The Labute approximate surface area is 245 Å². The van der Waals surface area contributed by atoms with Gasteiger partial charge in [0.15, 0.2) is 6.10 Å². The number of amides is 3. The number of likely N-dealkylation sites (tertiary alicyclic amines) is 1. The normalized spacial score (nSPS) is 17.8. The van der Waals surface area contributed by atoms with E-state index >= 15 is 4.39 Å². The molecule has 4 atom stereocenters. The molecular weight excluding hydrogens is 539 g/mol. The van der Waals surface area contributed by atoms with E-state index in [-0.39, 0.29) is 37.2 Å². The van der Waals surface area contributed by atoms with Gasteiger partial charge in [0.25, 0.3) is 11.8 Å². The van der Waals surface area contributed by atoms with Crippen LogP contribution in [0.2, 0.25) is 0 Å². The molecule has 0 aromatic heterocycles. The van der Waals surface area contributed by atoms with Crippen LogP contribution in [-0.4, -0.2) is 77.8 Å². The number of halogens is 1. The molecule has 0 saturated carbocycles. The van der Waals surface area contributed by atoms with Crippen molar-refractivity contribution in [3.8, 4) is 5.75 Å². The molecule has 9 nitrogen and oxygen atoms in total. The number of rotatable bonds is 10. The first-order valence-corrected chi connectivity index (χ1v) is 13.9. The first kappa shape index (κ1) is 30.5. The van der Waals surface area contributed by atoms with Gasteiger partial charge in [0.05, 0.1) is 6.04 Å². The highest BCUT2D eigenvalue weighted by Crippen LogP contribution is 2.24. The summed E-state index contributed by atoms with van der Waals surface area (Å²) in [6.07, 6.45) is -3.31. The number of nitrogens with zero attached hydrogens (tertiary/aromatic N) is 2. The lowest BCUT2D eigenvalue weighted by Crippen LogP contribution is -2.57. The molecule has 3 amide bonds. The van der Waals surface area contributed by atoms with Gasteiger partial charge in [-0.05, 0) is 55.2 Å². The van der Waals surface area contributed by atoms with Crippen LogP contribution in [0.5, 0.6) is 5.75 Å². The minimum Gasteiger partial charge on any atom is -0.508 e. The number of carbonyl (C=O) groups is 3. The second-order valence-electron chi connectivity index (χ2n) is 10.7. The van der Waals surface area contributed by atoms with Crippen molar-refractivity contribution in [3.63, 3.8) is 0 Å². The topological polar surface area (TPSA) is 122 Å². The molecule has 1 fully saturated rings. The van der Waals surface area contributed by atoms with E-state index in [2.05, 4.69) is 10.6 Å². The molecule has 4 N–H and O–H groups in total. The van der Waals surface area contributed by atoms with Gasteiger partial charge in [-0.25, -0.2) is 4.39 Å². The maximum Gasteiger partial charge on any atom is 0.254 e. The van der Waals surface area contributed by atoms with Gasteiger partial charge in [-0.2, -0.15) is 0 Å². The standard InChI is InChI=1S/C32H37FN4O5/c1-20-24(10-7-11-27(20)38)30(40)35-26(18-21-8-5-4-6-9-21)29(39)32(42)37-17-16-25(33)28(37)31(41)34-19-22-12-14-23(15-13-22)36(2)3/h4-15,25-26,28-29,38-39H,16-19H2,1-3H3,(H,34,41)(H,35,40)/t25-,26+,28?,29+/m1/s1. The minimum atomic E-state index is -1.76. The van der Waals surface area contributed by atoms with Crippen molar-refractivity contribution in [2.45, 2.75) is 50.7 Å². The zero-order valence-corrected chi connectivity index (χ0v) is 24.0. The number of carbonyl (C=O) groups excluding carboxylic acids is 3. The van der Waals surface area contributed by atoms with E-state index in [0.29, 0.717) is 5.56 Å². The lowest BCUT2D eigenvalue weighted by Gasteiger charge is -2.30. The van der Waals surface area contributed by atoms with Crippen LogP contribution in [0.25, 0.3) is 0 Å². The maximum atomic E-state index is 15.0. The molecule has 1 aliphatic heterocycles. The molecular formula is C32H37FN4O5. The summed E-state index contributed by atoms with van der Waals surface area (Å²) in [5.41, 5.74) is 3.09. The first-order chi connectivity index (χ1) is 20.1. The van der Waals surface area contributed by atoms with Crippen LogP contribution in [0.15, 0.2) is 72.8 Å². The second kappa shape index (κ2) is 13.5. The summed E-state index contributed by atoms with van der Waals surface area (Å²) in [6.45, 7) is 1.68. The van der Waals surface area contributed by atoms with E-state index in [1.54, 1.807) is 31.2 Å². The first-order valence-electron chi connectivity index (χ1n) is 13.9. The fraction of sp³-hybridized carbons (Fsp3) is 0.344. The fourth-order valence-electron chi connectivity index (χ4n) is 5.08. The highest BCUT2D eigenvalue weighted by Gasteiger charge is 2.45. The summed E-state index contributed by atoms with van der Waals surface area (Å²) in [5.74, 6) is -2.15. The number of hydrogen-bond acceptors (Lipinski definition) is 6. The van der Waals surface area contributed by atoms with Crippen molar-refractivity contribution < 1.29 is 29.0 Å². The number of aliphatic hydroxyl groups excluding tert-OH is 1. The van der Waals surface area contributed by atoms with Crippen molar-refractivity contribution in [2.75, 3.05) is 25.5 Å². The minimum absolute atomic E-state index is 0.0493. The highest BCUT2D eigenvalue weighted by molar-refractivity contribution is 5.97. The van der Waals surface area contributed by atoms with Crippen molar-refractivity contribution in [3.05, 3.63) is 95.1 Å². The molecule has 0 radical (unpaired) electrons. The molecule has 1 saturated heterocycles. The van der Waals surface area contributed by atoms with Gasteiger partial charge >= 0.3 is 0 Å². The van der Waals surface area contributed by atoms with Gasteiger partial charge in [0.2, 0.25) is 5.91 Å². The Morgan fingerprint density at radius 1 is 1.00 bits per heavy atom. The molecule has 3 aromatic rings. The van der Waals surface area contributed by atoms with Crippen LogP contribution in [-0.2, 0) is 22.6 Å². The fourth-order valence-corrected chi connectivity index (χ4v) is 5.08. The van der Waals surface area contributed by atoms with Crippen molar-refractivity contribution >= 4 is 23.4 Å². The predicted molar refractivity (Wildman–Crippen MR) is 158 cm³/mol. The van der Waals surface area contributed by atoms with E-state index in [4.69, 9.17) is 0 Å². The van der Waals surface area contributed by atoms with Crippen LogP contribution >= 0.6 is 0 Å². The molecule has 0 spiro atoms. The number of aromatic hydroxyl groups is 1. The smallest absolute Gasteiger partial charge is 0.254 e. The zero-order valence-electron chi connectivity index (χ0n) is 24.0. The summed E-state index contributed by atoms with van der Waals surface area (Å²) in [4.78, 5) is 42.9. The molecule has 10 heteroatoms. The predicted octanol–water partition coefficient (Wildman–Crippen LogP) is 2.72. The largest absolute Gasteiger partial charge is 0.508 e. The molecule has 0 aliphatic carbocycles. The van der Waals surface area contributed by atoms with Crippen LogP contribution in [0.3, 0.4) is 0 Å². The van der Waals surface area contributed by atoms with E-state index < -0.39 is 42.1 Å². The number of phenols is 1. The summed E-state index contributed by atoms with van der Waals surface area (Å²) in [5, 5.41) is 26.8. The monoisotopic (exact) mass is 576 g/mol. The summed E-state index contributed by atoms with van der Waals surface area (Å²) in [7, 11) is 3.84. The Morgan fingerprint density at radius 3 is 2.36 bits per heavy atom. The third-order valence-electron chi connectivity index (χ3n) is 7.59. The van der Waals surface area contributed by atoms with Crippen molar-refractivity contribution in [1.29, 1.82) is 0 Å². The average Bonchev–Trinajstić information content (AvgIpc) is 3.38. The van der Waals surface area contributed by atoms with E-state index in [1.165, 1.54) is 18.2 Å². The maximum absolute atomic E-state index is 15.0. The molecule has 0 bridgehead atoms. The van der Waals surface area contributed by atoms with E-state index in [1.807, 2.05) is 49.3 Å². The Bertz CT molecular complexity index is 1400. The third kappa shape index (κ3) is 7.06. The number of alkyl halides is 1. The van der Waals surface area contributed by atoms with Gasteiger partial charge in [0.1, 0.15) is 18.0 Å². The van der Waals surface area contributed by atoms with Crippen LogP contribution in [0.4, 0.5) is 10.1 Å². The number of nitrogens with one attached hydrogen (secondary N) is 2. The zero-order chi connectivity index (χ0) is 30.4. The van der Waals surface area contributed by atoms with Crippen molar-refractivity contribution in [2.24, 2.45) is 0 Å². The lowest BCUT2D eigenvalue weighted by molar-refractivity contribution is -0.147. The number of hydrogen-bond donors (Lipinski definition) is 4. The van der Waals surface area contributed by atoms with E-state index in [9.17, 15) is 24.6 Å². The molecule has 4 rings (SSSR count). The Balaban J connectivity index is 1.50. The molecule has 42 heavy (non-hydrogen) atoms. The number of phenolic OH excluding ortho intramolecular Hbond substituents is 1. The van der Waals surface area contributed by atoms with E-state index in [0.717, 1.165) is 21.7 Å². The SMILES string of the molecule is Cc1c(O)cccc1C(=O)N[C@@H](Cc1ccccc1)[C@H](O)C(=O)N1CC[C@@H](F)C1C(=O)NCc1ccc(N(C)C)cc1. The van der Waals surface area contributed by atoms with Crippen LogP contribution in [0.1, 0.15) is 33.5 Å². The van der Waals surface area contributed by atoms with Gasteiger partial charge in [-0.3, -0.25) is 14.4 Å². The molecule has 1 heterocycles. The number of anilines is 1. The summed E-state index contributed by atoms with van der Waals surface area (Å²) < 4.78 is 15.0.